The molecule has 0 saturated heterocycles. The van der Waals surface area contributed by atoms with E-state index in [0.717, 1.165) is 22.3 Å². The minimum atomic E-state index is -1.25. The Morgan fingerprint density at radius 3 is 2.11 bits per heavy atom. The molecule has 0 spiro atoms. The van der Waals surface area contributed by atoms with E-state index in [1.54, 1.807) is 30.3 Å². The number of carbonyl (C=O) groups excluding carboxylic acids is 1. The van der Waals surface area contributed by atoms with E-state index in [-0.39, 0.29) is 25.6 Å². The number of aliphatic carboxylic acids is 1. The summed E-state index contributed by atoms with van der Waals surface area (Å²) in [6.45, 7) is 0.125. The first-order valence-electron chi connectivity index (χ1n) is 11.9. The summed E-state index contributed by atoms with van der Waals surface area (Å²) in [6.07, 6.45) is -0.894. The molecule has 7 nitrogen and oxygen atoms in total. The number of amides is 1. The van der Waals surface area contributed by atoms with Crippen LogP contribution in [-0.2, 0) is 22.6 Å². The first kappa shape index (κ1) is 25.7. The fourth-order valence-corrected chi connectivity index (χ4v) is 5.06. The van der Waals surface area contributed by atoms with Gasteiger partial charge in [-0.05, 0) is 46.5 Å². The second kappa shape index (κ2) is 11.2. The van der Waals surface area contributed by atoms with Crippen molar-refractivity contribution in [3.63, 3.8) is 0 Å². The molecular formula is C29H23Cl2NO6. The van der Waals surface area contributed by atoms with Crippen LogP contribution in [0.3, 0.4) is 0 Å². The van der Waals surface area contributed by atoms with Gasteiger partial charge < -0.3 is 24.3 Å². The summed E-state index contributed by atoms with van der Waals surface area (Å²) in [4.78, 5) is 24.4. The van der Waals surface area contributed by atoms with Gasteiger partial charge in [0.15, 0.2) is 5.75 Å². The molecule has 0 bridgehead atoms. The number of halogens is 2. The molecule has 4 aromatic rings. The van der Waals surface area contributed by atoms with Crippen molar-refractivity contribution >= 4 is 35.3 Å². The number of benzene rings is 3. The largest absolute Gasteiger partial charge is 0.483 e. The van der Waals surface area contributed by atoms with Gasteiger partial charge in [0.25, 0.3) is 0 Å². The lowest BCUT2D eigenvalue weighted by Crippen LogP contribution is -2.42. The van der Waals surface area contributed by atoms with Crippen LogP contribution in [0.5, 0.6) is 5.75 Å². The van der Waals surface area contributed by atoms with Crippen LogP contribution >= 0.6 is 23.2 Å². The van der Waals surface area contributed by atoms with E-state index >= 15 is 0 Å². The summed E-state index contributed by atoms with van der Waals surface area (Å²) in [5.41, 5.74) is 4.35. The molecule has 38 heavy (non-hydrogen) atoms. The lowest BCUT2D eigenvalue weighted by molar-refractivity contribution is -0.139. The fraction of sp³-hybridized carbons (Fsp3) is 0.172. The number of carbonyl (C=O) groups is 2. The Morgan fingerprint density at radius 2 is 1.47 bits per heavy atom. The van der Waals surface area contributed by atoms with Crippen LogP contribution in [0.15, 0.2) is 83.3 Å². The van der Waals surface area contributed by atoms with Gasteiger partial charge in [-0.1, -0.05) is 77.8 Å². The predicted octanol–water partition coefficient (Wildman–Crippen LogP) is 6.70. The van der Waals surface area contributed by atoms with Crippen LogP contribution in [0.1, 0.15) is 28.6 Å². The topological polar surface area (TPSA) is 98.0 Å². The zero-order valence-corrected chi connectivity index (χ0v) is 21.5. The van der Waals surface area contributed by atoms with E-state index in [2.05, 4.69) is 5.32 Å². The highest BCUT2D eigenvalue weighted by atomic mass is 35.5. The molecule has 1 atom stereocenters. The second-order valence-electron chi connectivity index (χ2n) is 8.77. The van der Waals surface area contributed by atoms with Gasteiger partial charge in [0, 0.05) is 12.3 Å². The number of fused-ring (bicyclic) bond motifs is 3. The normalized spacial score (nSPS) is 12.9. The van der Waals surface area contributed by atoms with Crippen molar-refractivity contribution in [2.75, 3.05) is 6.61 Å². The van der Waals surface area contributed by atoms with Crippen LogP contribution in [0.2, 0.25) is 10.0 Å². The number of hydrogen-bond acceptors (Lipinski definition) is 5. The highest BCUT2D eigenvalue weighted by Crippen LogP contribution is 2.44. The maximum absolute atomic E-state index is 12.6. The van der Waals surface area contributed by atoms with Gasteiger partial charge in [0.05, 0.1) is 10.0 Å². The van der Waals surface area contributed by atoms with Crippen molar-refractivity contribution in [1.82, 2.24) is 5.32 Å². The molecule has 0 saturated carbocycles. The molecule has 1 aliphatic rings. The van der Waals surface area contributed by atoms with Crippen molar-refractivity contribution in [2.24, 2.45) is 0 Å². The van der Waals surface area contributed by atoms with E-state index in [1.165, 1.54) is 0 Å². The molecular weight excluding hydrogens is 529 g/mol. The van der Waals surface area contributed by atoms with Gasteiger partial charge in [0.2, 0.25) is 0 Å². The number of carboxylic acid groups (broad SMARTS) is 1. The summed E-state index contributed by atoms with van der Waals surface area (Å²) in [6, 6.07) is 23.0. The number of ether oxygens (including phenoxy) is 2. The summed E-state index contributed by atoms with van der Waals surface area (Å²) >= 11 is 12.2. The molecule has 1 aliphatic carbocycles. The first-order chi connectivity index (χ1) is 18.4. The number of para-hydroxylation sites is 1. The standard InChI is InChI=1S/C29H23Cl2NO6/c30-24-10-5-11-25(31)27(24)36-15-18-13-12-17(38-18)14-26(28(33)34)32-29(35)37-16-23-21-8-3-1-6-19(21)20-7-2-4-9-22(20)23/h1-13,23,26H,14-16H2,(H,32,35)(H,33,34). The maximum Gasteiger partial charge on any atom is 0.407 e. The minimum absolute atomic E-state index is 0.0427. The highest BCUT2D eigenvalue weighted by Gasteiger charge is 2.30. The van der Waals surface area contributed by atoms with Crippen molar-refractivity contribution in [1.29, 1.82) is 0 Å². The average Bonchev–Trinajstić information content (AvgIpc) is 3.49. The van der Waals surface area contributed by atoms with Crippen LogP contribution in [0.25, 0.3) is 11.1 Å². The molecule has 1 unspecified atom stereocenters. The van der Waals surface area contributed by atoms with E-state index in [9.17, 15) is 14.7 Å². The number of nitrogens with one attached hydrogen (secondary N) is 1. The molecule has 3 aromatic carbocycles. The molecule has 9 heteroatoms. The molecule has 2 N–H and O–H groups in total. The molecule has 5 rings (SSSR count). The zero-order chi connectivity index (χ0) is 26.6. The maximum atomic E-state index is 12.6. The molecule has 1 amide bonds. The van der Waals surface area contributed by atoms with Crippen molar-refractivity contribution < 1.29 is 28.6 Å². The number of furan rings is 1. The van der Waals surface area contributed by atoms with Crippen LogP contribution in [-0.4, -0.2) is 29.8 Å². The van der Waals surface area contributed by atoms with Crippen LogP contribution in [0, 0.1) is 0 Å². The fourth-order valence-electron chi connectivity index (χ4n) is 4.56. The lowest BCUT2D eigenvalue weighted by atomic mass is 9.98. The SMILES string of the molecule is O=C(NC(Cc1ccc(COc2c(Cl)cccc2Cl)o1)C(=O)O)OCC1c2ccccc2-c2ccccc21. The van der Waals surface area contributed by atoms with E-state index in [0.29, 0.717) is 27.3 Å². The molecule has 0 aliphatic heterocycles. The molecule has 0 radical (unpaired) electrons. The summed E-state index contributed by atoms with van der Waals surface area (Å²) in [5.74, 6) is -0.207. The summed E-state index contributed by atoms with van der Waals surface area (Å²) in [5, 5.41) is 12.8. The smallest absolute Gasteiger partial charge is 0.407 e. The number of hydrogen-bond donors (Lipinski definition) is 2. The average molecular weight is 552 g/mol. The highest BCUT2D eigenvalue weighted by molar-refractivity contribution is 6.37. The monoisotopic (exact) mass is 551 g/mol. The van der Waals surface area contributed by atoms with E-state index in [1.807, 2.05) is 48.5 Å². The third kappa shape index (κ3) is 5.49. The number of carboxylic acids is 1. The predicted molar refractivity (Wildman–Crippen MR) is 143 cm³/mol. The number of rotatable bonds is 9. The van der Waals surface area contributed by atoms with E-state index < -0.39 is 18.1 Å². The summed E-state index contributed by atoms with van der Waals surface area (Å²) < 4.78 is 16.8. The van der Waals surface area contributed by atoms with Crippen LogP contribution in [0.4, 0.5) is 4.79 Å². The molecule has 194 valence electrons. The van der Waals surface area contributed by atoms with Gasteiger partial charge in [-0.25, -0.2) is 9.59 Å². The molecule has 0 fully saturated rings. The third-order valence-corrected chi connectivity index (χ3v) is 6.93. The molecule has 1 aromatic heterocycles. The Bertz CT molecular complexity index is 1420. The lowest BCUT2D eigenvalue weighted by Gasteiger charge is -2.17. The minimum Gasteiger partial charge on any atom is -0.483 e. The van der Waals surface area contributed by atoms with Gasteiger partial charge >= 0.3 is 12.1 Å². The number of alkyl carbamates (subject to hydrolysis) is 1. The Kier molecular flexibility index (Phi) is 7.58. The van der Waals surface area contributed by atoms with E-state index in [4.69, 9.17) is 37.1 Å². The van der Waals surface area contributed by atoms with Crippen molar-refractivity contribution in [2.45, 2.75) is 25.0 Å². The van der Waals surface area contributed by atoms with Gasteiger partial charge in [0.1, 0.15) is 30.8 Å². The van der Waals surface area contributed by atoms with Crippen molar-refractivity contribution in [3.05, 3.63) is 112 Å². The Balaban J connectivity index is 1.18. The Hall–Kier alpha value is -3.94. The quantitative estimate of drug-likeness (QED) is 0.240. The van der Waals surface area contributed by atoms with Crippen molar-refractivity contribution in [3.8, 4) is 16.9 Å². The van der Waals surface area contributed by atoms with Crippen LogP contribution < -0.4 is 10.1 Å². The van der Waals surface area contributed by atoms with Gasteiger partial charge in [-0.3, -0.25) is 0 Å². The molecule has 1 heterocycles. The Morgan fingerprint density at radius 1 is 0.868 bits per heavy atom. The van der Waals surface area contributed by atoms with Gasteiger partial charge in [-0.2, -0.15) is 0 Å². The Labute approximate surface area is 228 Å². The van der Waals surface area contributed by atoms with Gasteiger partial charge in [-0.15, -0.1) is 0 Å². The first-order valence-corrected chi connectivity index (χ1v) is 12.6. The third-order valence-electron chi connectivity index (χ3n) is 6.33. The second-order valence-corrected chi connectivity index (χ2v) is 9.59. The zero-order valence-electron chi connectivity index (χ0n) is 20.0. The summed E-state index contributed by atoms with van der Waals surface area (Å²) in [7, 11) is 0.